The molecule has 152 valence electrons. The van der Waals surface area contributed by atoms with E-state index in [2.05, 4.69) is 5.32 Å². The van der Waals surface area contributed by atoms with Crippen molar-refractivity contribution in [3.63, 3.8) is 0 Å². The molecule has 3 rings (SSSR count). The van der Waals surface area contributed by atoms with Gasteiger partial charge in [0.2, 0.25) is 5.43 Å². The van der Waals surface area contributed by atoms with E-state index in [9.17, 15) is 23.2 Å². The van der Waals surface area contributed by atoms with Gasteiger partial charge in [-0.15, -0.1) is 0 Å². The lowest BCUT2D eigenvalue weighted by atomic mass is 10.2. The fourth-order valence-corrected chi connectivity index (χ4v) is 2.96. The maximum absolute atomic E-state index is 13.7. The average molecular weight is 403 g/mol. The molecule has 0 aliphatic heterocycles. The number of halogens is 2. The van der Waals surface area contributed by atoms with Crippen LogP contribution in [0.2, 0.25) is 0 Å². The molecule has 0 saturated carbocycles. The lowest BCUT2D eigenvalue weighted by Gasteiger charge is -2.14. The number of nitrogens with zero attached hydrogens (tertiary/aromatic N) is 2. The van der Waals surface area contributed by atoms with Crippen LogP contribution in [-0.2, 0) is 6.54 Å². The molecule has 0 bridgehead atoms. The number of hydrogen-bond acceptors (Lipinski definition) is 4. The zero-order chi connectivity index (χ0) is 21.3. The number of methoxy groups -OCH3 is 1. The summed E-state index contributed by atoms with van der Waals surface area (Å²) in [6.07, 6.45) is 4.30. The van der Waals surface area contributed by atoms with Crippen LogP contribution in [0.4, 0.5) is 8.78 Å². The van der Waals surface area contributed by atoms with Crippen LogP contribution in [0.25, 0.3) is 5.52 Å². The molecule has 1 N–H and O–H groups in total. The third-order valence-electron chi connectivity index (χ3n) is 4.48. The molecular weight excluding hydrogens is 384 g/mol. The molecule has 3 aromatic rings. The molecular formula is C20H19F2N3O4. The third-order valence-corrected chi connectivity index (χ3v) is 4.48. The molecule has 1 aromatic carbocycles. The number of fused-ring (bicyclic) bond motifs is 1. The molecule has 0 radical (unpaired) electrons. The fourth-order valence-electron chi connectivity index (χ4n) is 2.96. The standard InChI is InChI=1S/C20H19F2N3O4/c1-11(2)25-7-6-24-10-14(17(26)18(29-3)16(24)20(25)28)19(27)23-9-12-4-5-13(21)8-15(12)22/h4-8,10-11H,9H2,1-3H3,(H,23,27). The number of aromatic nitrogens is 2. The molecule has 0 aliphatic rings. The highest BCUT2D eigenvalue weighted by atomic mass is 19.1. The van der Waals surface area contributed by atoms with Gasteiger partial charge in [0.25, 0.3) is 11.5 Å². The summed E-state index contributed by atoms with van der Waals surface area (Å²) in [5, 5.41) is 2.42. The van der Waals surface area contributed by atoms with E-state index in [0.29, 0.717) is 6.07 Å². The number of ether oxygens (including phenoxy) is 1. The van der Waals surface area contributed by atoms with Gasteiger partial charge in [-0.05, 0) is 19.9 Å². The number of carbonyl (C=O) groups excluding carboxylic acids is 1. The Kier molecular flexibility index (Phi) is 5.49. The lowest BCUT2D eigenvalue weighted by molar-refractivity contribution is 0.0948. The van der Waals surface area contributed by atoms with Crippen LogP contribution in [-0.4, -0.2) is 22.0 Å². The maximum Gasteiger partial charge on any atom is 0.279 e. The first-order valence-electron chi connectivity index (χ1n) is 8.80. The first kappa shape index (κ1) is 20.2. The lowest BCUT2D eigenvalue weighted by Crippen LogP contribution is -2.32. The number of benzene rings is 1. The molecule has 9 heteroatoms. The molecule has 0 aliphatic carbocycles. The molecule has 0 fully saturated rings. The first-order valence-corrected chi connectivity index (χ1v) is 8.80. The predicted molar refractivity (Wildman–Crippen MR) is 102 cm³/mol. The minimum absolute atomic E-state index is 0.00910. The van der Waals surface area contributed by atoms with Crippen molar-refractivity contribution >= 4 is 11.4 Å². The van der Waals surface area contributed by atoms with Crippen molar-refractivity contribution in [3.8, 4) is 5.75 Å². The Morgan fingerprint density at radius 1 is 1.21 bits per heavy atom. The summed E-state index contributed by atoms with van der Waals surface area (Å²) in [5.74, 6) is -2.58. The quantitative estimate of drug-likeness (QED) is 0.709. The van der Waals surface area contributed by atoms with E-state index < -0.39 is 28.5 Å². The highest BCUT2D eigenvalue weighted by Crippen LogP contribution is 2.14. The number of nitrogens with one attached hydrogen (secondary N) is 1. The van der Waals surface area contributed by atoms with Crippen molar-refractivity contribution in [1.29, 1.82) is 0 Å². The minimum Gasteiger partial charge on any atom is -0.491 e. The van der Waals surface area contributed by atoms with Crippen molar-refractivity contribution in [1.82, 2.24) is 14.3 Å². The molecule has 0 saturated heterocycles. The normalized spacial score (nSPS) is 11.1. The Hall–Kier alpha value is -3.49. The van der Waals surface area contributed by atoms with Crippen molar-refractivity contribution in [3.05, 3.63) is 80.1 Å². The Morgan fingerprint density at radius 2 is 1.93 bits per heavy atom. The molecule has 29 heavy (non-hydrogen) atoms. The number of carbonyl (C=O) groups is 1. The number of pyridine rings is 1. The smallest absolute Gasteiger partial charge is 0.279 e. The summed E-state index contributed by atoms with van der Waals surface area (Å²) in [5.41, 5.74) is -1.40. The van der Waals surface area contributed by atoms with Crippen LogP contribution in [0, 0.1) is 11.6 Å². The Balaban J connectivity index is 2.02. The third kappa shape index (κ3) is 3.75. The predicted octanol–water partition coefficient (Wildman–Crippen LogP) is 2.26. The van der Waals surface area contributed by atoms with Crippen molar-refractivity contribution in [2.45, 2.75) is 26.4 Å². The fraction of sp³-hybridized carbons (Fsp3) is 0.250. The first-order chi connectivity index (χ1) is 13.7. The van der Waals surface area contributed by atoms with E-state index in [1.807, 2.05) is 13.8 Å². The van der Waals surface area contributed by atoms with Crippen LogP contribution >= 0.6 is 0 Å². The van der Waals surface area contributed by atoms with Gasteiger partial charge in [0, 0.05) is 42.8 Å². The number of amides is 1. The summed E-state index contributed by atoms with van der Waals surface area (Å²) in [6.45, 7) is 3.39. The summed E-state index contributed by atoms with van der Waals surface area (Å²) in [6, 6.07) is 2.83. The van der Waals surface area contributed by atoms with Gasteiger partial charge in [-0.1, -0.05) is 6.07 Å². The summed E-state index contributed by atoms with van der Waals surface area (Å²) >= 11 is 0. The minimum atomic E-state index is -0.813. The van der Waals surface area contributed by atoms with E-state index in [-0.39, 0.29) is 35.0 Å². The van der Waals surface area contributed by atoms with Gasteiger partial charge < -0.3 is 19.0 Å². The zero-order valence-corrected chi connectivity index (χ0v) is 16.0. The second-order valence-electron chi connectivity index (χ2n) is 6.68. The van der Waals surface area contributed by atoms with Gasteiger partial charge in [-0.25, -0.2) is 8.78 Å². The van der Waals surface area contributed by atoms with Crippen LogP contribution in [0.15, 0.2) is 46.4 Å². The Labute approximate surface area is 164 Å². The average Bonchev–Trinajstić information content (AvgIpc) is 2.67. The van der Waals surface area contributed by atoms with Crippen molar-refractivity contribution < 1.29 is 18.3 Å². The molecule has 7 nitrogen and oxygen atoms in total. The number of hydrogen-bond donors (Lipinski definition) is 1. The SMILES string of the molecule is COc1c(=O)c(C(=O)NCc2ccc(F)cc2F)cn2ccn(C(C)C)c(=O)c12. The molecule has 1 amide bonds. The molecule has 2 aromatic heterocycles. The molecule has 0 unspecified atom stereocenters. The second-order valence-corrected chi connectivity index (χ2v) is 6.68. The van der Waals surface area contributed by atoms with Gasteiger partial charge in [0.05, 0.1) is 7.11 Å². The van der Waals surface area contributed by atoms with Gasteiger partial charge in [-0.2, -0.15) is 0 Å². The van der Waals surface area contributed by atoms with Crippen LogP contribution in [0.1, 0.15) is 35.8 Å². The Morgan fingerprint density at radius 3 is 2.55 bits per heavy atom. The molecule has 0 spiro atoms. The van der Waals surface area contributed by atoms with E-state index in [0.717, 1.165) is 6.07 Å². The highest BCUT2D eigenvalue weighted by Gasteiger charge is 2.20. The maximum atomic E-state index is 13.7. The van der Waals surface area contributed by atoms with Crippen molar-refractivity contribution in [2.24, 2.45) is 0 Å². The monoisotopic (exact) mass is 403 g/mol. The van der Waals surface area contributed by atoms with Gasteiger partial charge in [-0.3, -0.25) is 14.4 Å². The molecule has 2 heterocycles. The van der Waals surface area contributed by atoms with E-state index >= 15 is 0 Å². The van der Waals surface area contributed by atoms with Gasteiger partial charge >= 0.3 is 0 Å². The zero-order valence-electron chi connectivity index (χ0n) is 16.0. The largest absolute Gasteiger partial charge is 0.491 e. The van der Waals surface area contributed by atoms with Crippen molar-refractivity contribution in [2.75, 3.05) is 7.11 Å². The van der Waals surface area contributed by atoms with E-state index in [4.69, 9.17) is 4.74 Å². The van der Waals surface area contributed by atoms with Gasteiger partial charge in [0.15, 0.2) is 11.3 Å². The molecule has 0 atom stereocenters. The summed E-state index contributed by atoms with van der Waals surface area (Å²) in [7, 11) is 1.23. The van der Waals surface area contributed by atoms with Gasteiger partial charge in [0.1, 0.15) is 17.2 Å². The van der Waals surface area contributed by atoms with Crippen LogP contribution < -0.4 is 21.0 Å². The number of rotatable bonds is 5. The van der Waals surface area contributed by atoms with Crippen LogP contribution in [0.5, 0.6) is 5.75 Å². The second kappa shape index (κ2) is 7.86. The summed E-state index contributed by atoms with van der Waals surface area (Å²) < 4.78 is 34.6. The highest BCUT2D eigenvalue weighted by molar-refractivity contribution is 5.94. The topological polar surface area (TPSA) is 81.8 Å². The van der Waals surface area contributed by atoms with E-state index in [1.54, 1.807) is 6.20 Å². The Bertz CT molecular complexity index is 1210. The van der Waals surface area contributed by atoms with E-state index in [1.165, 1.54) is 34.5 Å². The summed E-state index contributed by atoms with van der Waals surface area (Å²) in [4.78, 5) is 38.0. The van der Waals surface area contributed by atoms with Crippen LogP contribution in [0.3, 0.4) is 0 Å².